The van der Waals surface area contributed by atoms with Crippen LogP contribution in [0.1, 0.15) is 18.5 Å². The van der Waals surface area contributed by atoms with Gasteiger partial charge in [0.25, 0.3) is 0 Å². The topological polar surface area (TPSA) is 73.6 Å². The molecule has 0 spiro atoms. The number of hydrogen-bond donors (Lipinski definition) is 2. The molecule has 1 aromatic carbocycles. The third-order valence-electron chi connectivity index (χ3n) is 4.61. The van der Waals surface area contributed by atoms with Crippen molar-refractivity contribution in [1.82, 2.24) is 19.6 Å². The molecule has 0 saturated carbocycles. The summed E-state index contributed by atoms with van der Waals surface area (Å²) < 4.78 is 1.85. The van der Waals surface area contributed by atoms with Gasteiger partial charge < -0.3 is 15.3 Å². The normalized spacial score (nSPS) is 16.6. The summed E-state index contributed by atoms with van der Waals surface area (Å²) in [7, 11) is 0. The lowest BCUT2D eigenvalue weighted by molar-refractivity contribution is 0.127. The van der Waals surface area contributed by atoms with E-state index in [0.717, 1.165) is 13.1 Å². The monoisotopic (exact) mass is 343 g/mol. The molecule has 2 N–H and O–H groups in total. The molecular formula is C18H25N5O2. The molecule has 1 saturated heterocycles. The van der Waals surface area contributed by atoms with Crippen molar-refractivity contribution in [3.05, 3.63) is 48.3 Å². The van der Waals surface area contributed by atoms with Gasteiger partial charge in [-0.15, -0.1) is 0 Å². The first-order valence-electron chi connectivity index (χ1n) is 8.65. The van der Waals surface area contributed by atoms with Gasteiger partial charge in [0.15, 0.2) is 0 Å². The highest BCUT2D eigenvalue weighted by Gasteiger charge is 2.21. The van der Waals surface area contributed by atoms with Gasteiger partial charge in [-0.05, 0) is 12.5 Å². The zero-order valence-electron chi connectivity index (χ0n) is 14.5. The molecule has 7 nitrogen and oxygen atoms in total. The number of aromatic nitrogens is 2. The molecule has 2 amide bonds. The second-order valence-electron chi connectivity index (χ2n) is 6.28. The lowest BCUT2D eigenvalue weighted by Gasteiger charge is -2.34. The van der Waals surface area contributed by atoms with Crippen LogP contribution in [0.25, 0.3) is 0 Å². The first-order valence-corrected chi connectivity index (χ1v) is 8.65. The van der Waals surface area contributed by atoms with E-state index in [-0.39, 0.29) is 18.7 Å². The molecule has 0 bridgehead atoms. The second-order valence-corrected chi connectivity index (χ2v) is 6.28. The van der Waals surface area contributed by atoms with Gasteiger partial charge in [-0.1, -0.05) is 30.3 Å². The van der Waals surface area contributed by atoms with Gasteiger partial charge in [0.2, 0.25) is 0 Å². The number of aliphatic hydroxyl groups excluding tert-OH is 1. The van der Waals surface area contributed by atoms with Crippen LogP contribution in [-0.2, 0) is 0 Å². The maximum Gasteiger partial charge on any atom is 0.322 e. The van der Waals surface area contributed by atoms with Crippen molar-refractivity contribution in [2.75, 3.05) is 44.6 Å². The fraction of sp³-hybridized carbons (Fsp3) is 0.444. The molecule has 0 radical (unpaired) electrons. The molecule has 25 heavy (non-hydrogen) atoms. The van der Waals surface area contributed by atoms with E-state index >= 15 is 0 Å². The quantitative estimate of drug-likeness (QED) is 0.865. The Kier molecular flexibility index (Phi) is 5.67. The standard InChI is InChI=1S/C18H25N5O2/c1-15(16-5-3-2-4-6-16)23-14-17(13-19-23)20-18(25)22-9-7-21(8-10-22)11-12-24/h2-6,13-15,24H,7-12H2,1H3,(H,20,25). The minimum atomic E-state index is -0.101. The highest BCUT2D eigenvalue weighted by atomic mass is 16.3. The second kappa shape index (κ2) is 8.13. The summed E-state index contributed by atoms with van der Waals surface area (Å²) in [4.78, 5) is 16.3. The van der Waals surface area contributed by atoms with E-state index in [1.165, 1.54) is 5.56 Å². The highest BCUT2D eigenvalue weighted by molar-refractivity contribution is 5.89. The van der Waals surface area contributed by atoms with Gasteiger partial charge in [-0.25, -0.2) is 4.79 Å². The van der Waals surface area contributed by atoms with Crippen molar-refractivity contribution in [3.63, 3.8) is 0 Å². The Morgan fingerprint density at radius 3 is 2.64 bits per heavy atom. The van der Waals surface area contributed by atoms with Crippen molar-refractivity contribution in [3.8, 4) is 0 Å². The van der Waals surface area contributed by atoms with E-state index in [9.17, 15) is 4.79 Å². The van der Waals surface area contributed by atoms with Crippen LogP contribution in [0.4, 0.5) is 10.5 Å². The van der Waals surface area contributed by atoms with Crippen LogP contribution >= 0.6 is 0 Å². The number of rotatable bonds is 5. The van der Waals surface area contributed by atoms with E-state index < -0.39 is 0 Å². The van der Waals surface area contributed by atoms with Crippen LogP contribution in [0.15, 0.2) is 42.7 Å². The Bertz CT molecular complexity index is 680. The number of nitrogens with zero attached hydrogens (tertiary/aromatic N) is 4. The number of β-amino-alcohol motifs (C(OH)–C–C–N with tert-alkyl or cyclic N) is 1. The summed E-state index contributed by atoms with van der Waals surface area (Å²) in [6.45, 7) is 5.82. The molecule has 0 aliphatic carbocycles. The fourth-order valence-corrected chi connectivity index (χ4v) is 3.02. The Balaban J connectivity index is 1.55. The molecule has 7 heteroatoms. The number of nitrogens with one attached hydrogen (secondary N) is 1. The molecule has 1 fully saturated rings. The SMILES string of the molecule is CC(c1ccccc1)n1cc(NC(=O)N2CCN(CCO)CC2)cn1. The number of piperazine rings is 1. The van der Waals surface area contributed by atoms with Crippen molar-refractivity contribution in [2.24, 2.45) is 0 Å². The minimum absolute atomic E-state index is 0.101. The van der Waals surface area contributed by atoms with Crippen LogP contribution in [0, 0.1) is 0 Å². The summed E-state index contributed by atoms with van der Waals surface area (Å²) in [6, 6.07) is 10.1. The average Bonchev–Trinajstić information content (AvgIpc) is 3.11. The molecule has 1 atom stereocenters. The molecule has 1 unspecified atom stereocenters. The number of aliphatic hydroxyl groups is 1. The smallest absolute Gasteiger partial charge is 0.322 e. The summed E-state index contributed by atoms with van der Waals surface area (Å²) in [5.41, 5.74) is 1.87. The van der Waals surface area contributed by atoms with Gasteiger partial charge in [0, 0.05) is 38.9 Å². The Labute approximate surface area is 147 Å². The number of hydrogen-bond acceptors (Lipinski definition) is 4. The number of benzene rings is 1. The molecule has 1 aliphatic rings. The zero-order chi connectivity index (χ0) is 17.6. The molecule has 1 aliphatic heterocycles. The maximum atomic E-state index is 12.4. The van der Waals surface area contributed by atoms with E-state index in [2.05, 4.69) is 34.4 Å². The third kappa shape index (κ3) is 4.37. The maximum absolute atomic E-state index is 12.4. The molecular weight excluding hydrogens is 318 g/mol. The first kappa shape index (κ1) is 17.4. The lowest BCUT2D eigenvalue weighted by atomic mass is 10.1. The molecule has 3 rings (SSSR count). The molecule has 2 heterocycles. The van der Waals surface area contributed by atoms with Crippen LogP contribution in [-0.4, -0.2) is 70.0 Å². The van der Waals surface area contributed by atoms with Gasteiger partial charge in [-0.2, -0.15) is 5.10 Å². The van der Waals surface area contributed by atoms with Crippen LogP contribution in [0.3, 0.4) is 0 Å². The van der Waals surface area contributed by atoms with Crippen molar-refractivity contribution < 1.29 is 9.90 Å². The van der Waals surface area contributed by atoms with Crippen LogP contribution in [0.2, 0.25) is 0 Å². The van der Waals surface area contributed by atoms with E-state index in [1.54, 1.807) is 11.1 Å². The molecule has 2 aromatic rings. The first-order chi connectivity index (χ1) is 12.2. The predicted molar refractivity (Wildman–Crippen MR) is 96.6 cm³/mol. The van der Waals surface area contributed by atoms with Gasteiger partial charge in [0.05, 0.1) is 24.5 Å². The van der Waals surface area contributed by atoms with Crippen molar-refractivity contribution in [2.45, 2.75) is 13.0 Å². The summed E-state index contributed by atoms with van der Waals surface area (Å²) >= 11 is 0. The van der Waals surface area contributed by atoms with E-state index in [0.29, 0.717) is 25.3 Å². The highest BCUT2D eigenvalue weighted by Crippen LogP contribution is 2.18. The average molecular weight is 343 g/mol. The van der Waals surface area contributed by atoms with Gasteiger partial charge >= 0.3 is 6.03 Å². The van der Waals surface area contributed by atoms with Crippen LogP contribution < -0.4 is 5.32 Å². The number of anilines is 1. The predicted octanol–water partition coefficient (Wildman–Crippen LogP) is 1.63. The van der Waals surface area contributed by atoms with Gasteiger partial charge in [-0.3, -0.25) is 9.58 Å². The van der Waals surface area contributed by atoms with Gasteiger partial charge in [0.1, 0.15) is 0 Å². The Morgan fingerprint density at radius 1 is 1.24 bits per heavy atom. The summed E-state index contributed by atoms with van der Waals surface area (Å²) in [5, 5.41) is 16.3. The zero-order valence-corrected chi connectivity index (χ0v) is 14.5. The Morgan fingerprint density at radius 2 is 1.96 bits per heavy atom. The fourth-order valence-electron chi connectivity index (χ4n) is 3.02. The third-order valence-corrected chi connectivity index (χ3v) is 4.61. The Hall–Kier alpha value is -2.38. The number of urea groups is 1. The summed E-state index contributed by atoms with van der Waals surface area (Å²) in [5.74, 6) is 0. The number of amides is 2. The molecule has 134 valence electrons. The van der Waals surface area contributed by atoms with Crippen molar-refractivity contribution in [1.29, 1.82) is 0 Å². The number of carbonyl (C=O) groups excluding carboxylic acids is 1. The number of carbonyl (C=O) groups is 1. The van der Waals surface area contributed by atoms with Crippen molar-refractivity contribution >= 4 is 11.7 Å². The van der Waals surface area contributed by atoms with E-state index in [1.807, 2.05) is 29.1 Å². The minimum Gasteiger partial charge on any atom is -0.395 e. The lowest BCUT2D eigenvalue weighted by Crippen LogP contribution is -2.50. The largest absolute Gasteiger partial charge is 0.395 e. The summed E-state index contributed by atoms with van der Waals surface area (Å²) in [6.07, 6.45) is 3.54. The molecule has 1 aromatic heterocycles. The van der Waals surface area contributed by atoms with Crippen LogP contribution in [0.5, 0.6) is 0 Å². The van der Waals surface area contributed by atoms with E-state index in [4.69, 9.17) is 5.11 Å².